The molecular weight excluding hydrogens is 387 g/mol. The molecule has 2 aromatic carbocycles. The largest absolute Gasteiger partial charge is 0.464 e. The number of para-hydroxylation sites is 1. The Labute approximate surface area is 163 Å². The first kappa shape index (κ1) is 20.1. The molecule has 0 saturated heterocycles. The molecule has 0 fully saturated rings. The molecular formula is C20H16F3N3O3. The molecule has 1 aliphatic rings. The first-order chi connectivity index (χ1) is 13.7. The number of carbonyl (C=O) groups is 2. The molecule has 2 atom stereocenters. The highest BCUT2D eigenvalue weighted by Gasteiger charge is 2.31. The van der Waals surface area contributed by atoms with E-state index in [-0.39, 0.29) is 11.3 Å². The second-order valence-electron chi connectivity index (χ2n) is 6.16. The van der Waals surface area contributed by atoms with E-state index in [4.69, 9.17) is 10.5 Å². The predicted molar refractivity (Wildman–Crippen MR) is 100 cm³/mol. The molecule has 0 saturated carbocycles. The van der Waals surface area contributed by atoms with Crippen molar-refractivity contribution in [3.05, 3.63) is 71.8 Å². The predicted octanol–water partition coefficient (Wildman–Crippen LogP) is 3.16. The number of nitrogens with two attached hydrogens (primary N) is 1. The zero-order valence-electron chi connectivity index (χ0n) is 14.9. The molecule has 29 heavy (non-hydrogen) atoms. The van der Waals surface area contributed by atoms with Crippen LogP contribution in [0.3, 0.4) is 0 Å². The summed E-state index contributed by atoms with van der Waals surface area (Å²) in [5, 5.41) is 2.39. The number of benzene rings is 2. The lowest BCUT2D eigenvalue weighted by molar-refractivity contribution is -0.137. The lowest BCUT2D eigenvalue weighted by atomic mass is 10.0. The summed E-state index contributed by atoms with van der Waals surface area (Å²) in [5.41, 5.74) is 4.27. The molecule has 1 aliphatic heterocycles. The highest BCUT2D eigenvalue weighted by atomic mass is 19.4. The molecule has 9 heteroatoms. The van der Waals surface area contributed by atoms with E-state index < -0.39 is 35.7 Å². The lowest BCUT2D eigenvalue weighted by Crippen LogP contribution is -2.34. The van der Waals surface area contributed by atoms with Gasteiger partial charge in [-0.2, -0.15) is 13.2 Å². The van der Waals surface area contributed by atoms with Gasteiger partial charge < -0.3 is 15.8 Å². The molecule has 6 nitrogen and oxygen atoms in total. The van der Waals surface area contributed by atoms with Crippen LogP contribution < -0.4 is 15.8 Å². The van der Waals surface area contributed by atoms with Crippen molar-refractivity contribution in [3.8, 4) is 5.75 Å². The number of anilines is 1. The zero-order chi connectivity index (χ0) is 21.0. The Morgan fingerprint density at radius 2 is 1.79 bits per heavy atom. The Balaban J connectivity index is 1.85. The fourth-order valence-corrected chi connectivity index (χ4v) is 2.61. The summed E-state index contributed by atoms with van der Waals surface area (Å²) < 4.78 is 44.3. The van der Waals surface area contributed by atoms with Crippen LogP contribution in [0.1, 0.15) is 5.56 Å². The van der Waals surface area contributed by atoms with Gasteiger partial charge in [-0.1, -0.05) is 30.3 Å². The molecule has 0 aliphatic carbocycles. The van der Waals surface area contributed by atoms with Gasteiger partial charge in [-0.15, -0.1) is 0 Å². The molecule has 0 aromatic heterocycles. The number of nitrogens with one attached hydrogen (secondary N) is 1. The summed E-state index contributed by atoms with van der Waals surface area (Å²) >= 11 is 0. The molecule has 0 radical (unpaired) electrons. The Morgan fingerprint density at radius 3 is 2.45 bits per heavy atom. The number of carbonyl (C=O) groups excluding carboxylic acids is 2. The van der Waals surface area contributed by atoms with Crippen molar-refractivity contribution in [2.24, 2.45) is 16.6 Å². The number of hydrogen-bond donors (Lipinski definition) is 2. The first-order valence-electron chi connectivity index (χ1n) is 8.48. The molecule has 1 heterocycles. The van der Waals surface area contributed by atoms with Crippen molar-refractivity contribution in [2.45, 2.75) is 12.4 Å². The van der Waals surface area contributed by atoms with Crippen molar-refractivity contribution < 1.29 is 27.5 Å². The quantitative estimate of drug-likeness (QED) is 0.803. The van der Waals surface area contributed by atoms with Crippen LogP contribution in [0.25, 0.3) is 0 Å². The fraction of sp³-hybridized carbons (Fsp3) is 0.150. The van der Waals surface area contributed by atoms with E-state index in [9.17, 15) is 22.8 Å². The number of hydrogen-bond acceptors (Lipinski definition) is 4. The van der Waals surface area contributed by atoms with Crippen LogP contribution >= 0.6 is 0 Å². The van der Waals surface area contributed by atoms with Gasteiger partial charge in [0.1, 0.15) is 5.75 Å². The van der Waals surface area contributed by atoms with Crippen LogP contribution in [0, 0.1) is 5.92 Å². The van der Waals surface area contributed by atoms with Gasteiger partial charge in [0.25, 0.3) is 5.91 Å². The van der Waals surface area contributed by atoms with Gasteiger partial charge in [0.2, 0.25) is 12.1 Å². The Morgan fingerprint density at radius 1 is 1.07 bits per heavy atom. The number of aliphatic imine (C=N–C) groups is 1. The molecule has 0 bridgehead atoms. The maximum Gasteiger partial charge on any atom is 0.416 e. The number of rotatable bonds is 5. The van der Waals surface area contributed by atoms with E-state index in [1.807, 2.05) is 0 Å². The smallest absolute Gasteiger partial charge is 0.416 e. The van der Waals surface area contributed by atoms with Gasteiger partial charge >= 0.3 is 6.18 Å². The van der Waals surface area contributed by atoms with E-state index in [1.165, 1.54) is 24.4 Å². The second-order valence-corrected chi connectivity index (χ2v) is 6.16. The summed E-state index contributed by atoms with van der Waals surface area (Å²) in [6.07, 6.45) is -3.09. The summed E-state index contributed by atoms with van der Waals surface area (Å²) in [7, 11) is 0. The number of primary amides is 1. The van der Waals surface area contributed by atoms with Crippen molar-refractivity contribution in [2.75, 3.05) is 5.32 Å². The minimum Gasteiger partial charge on any atom is -0.464 e. The van der Waals surface area contributed by atoms with Crippen LogP contribution in [-0.4, -0.2) is 24.3 Å². The molecule has 150 valence electrons. The van der Waals surface area contributed by atoms with E-state index in [1.54, 1.807) is 30.3 Å². The number of dihydropyridines is 1. The normalized spacial score (nSPS) is 18.7. The van der Waals surface area contributed by atoms with Crippen LogP contribution in [0.2, 0.25) is 0 Å². The third-order valence-electron chi connectivity index (χ3n) is 4.04. The highest BCUT2D eigenvalue weighted by molar-refractivity contribution is 6.07. The van der Waals surface area contributed by atoms with Gasteiger partial charge in [-0.05, 0) is 30.3 Å². The maximum atomic E-state index is 12.9. The summed E-state index contributed by atoms with van der Waals surface area (Å²) in [5.74, 6) is -2.00. The SMILES string of the molecule is NC(=O)C1C=NC(Oc2ccccc2)C(C(=O)Nc2cccc(C(F)(F)F)c2)=C1. The zero-order valence-corrected chi connectivity index (χ0v) is 14.9. The molecule has 2 unspecified atom stereocenters. The van der Waals surface area contributed by atoms with Crippen molar-refractivity contribution in [3.63, 3.8) is 0 Å². The second kappa shape index (κ2) is 8.17. The molecule has 2 aromatic rings. The fourth-order valence-electron chi connectivity index (χ4n) is 2.61. The van der Waals surface area contributed by atoms with Gasteiger partial charge in [0, 0.05) is 11.9 Å². The number of amides is 2. The third kappa shape index (κ3) is 5.01. The summed E-state index contributed by atoms with van der Waals surface area (Å²) in [6.45, 7) is 0. The summed E-state index contributed by atoms with van der Waals surface area (Å²) in [4.78, 5) is 28.3. The molecule has 3 rings (SSSR count). The van der Waals surface area contributed by atoms with Crippen LogP contribution in [-0.2, 0) is 15.8 Å². The molecule has 2 amide bonds. The number of ether oxygens (including phenoxy) is 1. The first-order valence-corrected chi connectivity index (χ1v) is 8.48. The van der Waals surface area contributed by atoms with Gasteiger partial charge in [0.15, 0.2) is 0 Å². The molecule has 3 N–H and O–H groups in total. The Kier molecular flexibility index (Phi) is 5.67. The van der Waals surface area contributed by atoms with Crippen molar-refractivity contribution >= 4 is 23.7 Å². The van der Waals surface area contributed by atoms with Gasteiger partial charge in [-0.3, -0.25) is 9.59 Å². The monoisotopic (exact) mass is 403 g/mol. The number of halogens is 3. The third-order valence-corrected chi connectivity index (χ3v) is 4.04. The van der Waals surface area contributed by atoms with E-state index in [0.29, 0.717) is 5.75 Å². The Hall–Kier alpha value is -3.62. The maximum absolute atomic E-state index is 12.9. The number of nitrogens with zero attached hydrogens (tertiary/aromatic N) is 1. The lowest BCUT2D eigenvalue weighted by Gasteiger charge is -2.22. The van der Waals surface area contributed by atoms with Crippen LogP contribution in [0.15, 0.2) is 71.2 Å². The minimum absolute atomic E-state index is 0.0439. The van der Waals surface area contributed by atoms with E-state index >= 15 is 0 Å². The van der Waals surface area contributed by atoms with E-state index in [0.717, 1.165) is 12.1 Å². The standard InChI is InChI=1S/C20H16F3N3O3/c21-20(22,23)13-5-4-6-14(10-13)26-18(28)16-9-12(17(24)27)11-25-19(16)29-15-7-2-1-3-8-15/h1-12,19H,(H2,24,27)(H,26,28). The Bertz CT molecular complexity index is 972. The average Bonchev–Trinajstić information content (AvgIpc) is 2.68. The average molecular weight is 403 g/mol. The van der Waals surface area contributed by atoms with Crippen molar-refractivity contribution in [1.29, 1.82) is 0 Å². The minimum atomic E-state index is -4.55. The molecule has 0 spiro atoms. The van der Waals surface area contributed by atoms with Gasteiger partial charge in [-0.25, -0.2) is 4.99 Å². The highest BCUT2D eigenvalue weighted by Crippen LogP contribution is 2.31. The topological polar surface area (TPSA) is 93.8 Å². The van der Waals surface area contributed by atoms with Crippen LogP contribution in [0.4, 0.5) is 18.9 Å². The van der Waals surface area contributed by atoms with Crippen LogP contribution in [0.5, 0.6) is 5.75 Å². The van der Waals surface area contributed by atoms with Gasteiger partial charge in [0.05, 0.1) is 17.1 Å². The summed E-state index contributed by atoms with van der Waals surface area (Å²) in [6, 6.07) is 12.7. The number of alkyl halides is 3. The van der Waals surface area contributed by atoms with Crippen molar-refractivity contribution in [1.82, 2.24) is 0 Å². The van der Waals surface area contributed by atoms with E-state index in [2.05, 4.69) is 10.3 Å².